The number of methoxy groups -OCH3 is 1. The average Bonchev–Trinajstić information content (AvgIpc) is 3.40. The first kappa shape index (κ1) is 24.9. The summed E-state index contributed by atoms with van der Waals surface area (Å²) >= 11 is 0. The number of hydrogen-bond donors (Lipinski definition) is 1. The zero-order chi connectivity index (χ0) is 25.6. The molecule has 6 rings (SSSR count). The number of esters is 1. The van der Waals surface area contributed by atoms with Crippen molar-refractivity contribution < 1.29 is 9.53 Å². The van der Waals surface area contributed by atoms with Crippen LogP contribution in [0.15, 0.2) is 29.1 Å². The lowest BCUT2D eigenvalue weighted by Crippen LogP contribution is -2.52. The van der Waals surface area contributed by atoms with E-state index in [9.17, 15) is 9.59 Å². The first-order valence-corrected chi connectivity index (χ1v) is 14.4. The van der Waals surface area contributed by atoms with Gasteiger partial charge in [-0.3, -0.25) is 9.69 Å². The molecular weight excluding hydrogens is 466 g/mol. The van der Waals surface area contributed by atoms with Crippen molar-refractivity contribution in [3.8, 4) is 0 Å². The summed E-state index contributed by atoms with van der Waals surface area (Å²) in [7, 11) is 1.36. The quantitative estimate of drug-likeness (QED) is 0.630. The summed E-state index contributed by atoms with van der Waals surface area (Å²) in [5, 5.41) is 0. The predicted molar refractivity (Wildman–Crippen MR) is 145 cm³/mol. The number of para-hydroxylation sites is 2. The smallest absolute Gasteiger partial charge is 0.327 e. The van der Waals surface area contributed by atoms with E-state index in [4.69, 9.17) is 15.5 Å². The highest BCUT2D eigenvalue weighted by molar-refractivity contribution is 5.83. The van der Waals surface area contributed by atoms with Crippen LogP contribution >= 0.6 is 0 Å². The number of carbonyl (C=O) groups excluding carboxylic acids is 1. The molecule has 2 aromatic rings. The van der Waals surface area contributed by atoms with Gasteiger partial charge < -0.3 is 19.9 Å². The Morgan fingerprint density at radius 2 is 1.65 bits per heavy atom. The van der Waals surface area contributed by atoms with Crippen LogP contribution in [0.2, 0.25) is 0 Å². The van der Waals surface area contributed by atoms with Gasteiger partial charge in [0.2, 0.25) is 0 Å². The Morgan fingerprint density at radius 3 is 2.35 bits per heavy atom. The van der Waals surface area contributed by atoms with Crippen LogP contribution in [0.3, 0.4) is 0 Å². The summed E-state index contributed by atoms with van der Waals surface area (Å²) in [4.78, 5) is 36.0. The van der Waals surface area contributed by atoms with E-state index in [1.54, 1.807) is 0 Å². The molecule has 0 amide bonds. The Kier molecular flexibility index (Phi) is 6.74. The van der Waals surface area contributed by atoms with Crippen LogP contribution in [0.5, 0.6) is 0 Å². The molecule has 0 radical (unpaired) electrons. The van der Waals surface area contributed by atoms with E-state index in [0.717, 1.165) is 23.9 Å². The highest BCUT2D eigenvalue weighted by atomic mass is 16.5. The molecule has 3 aliphatic heterocycles. The second-order valence-corrected chi connectivity index (χ2v) is 11.9. The number of nitrogens with two attached hydrogens (primary N) is 1. The molecule has 4 fully saturated rings. The molecule has 2 unspecified atom stereocenters. The number of benzene rings is 1. The van der Waals surface area contributed by atoms with Crippen molar-refractivity contribution in [3.05, 3.63) is 34.6 Å². The van der Waals surface area contributed by atoms with Gasteiger partial charge in [0.05, 0.1) is 18.1 Å². The fraction of sp³-hybridized carbons (Fsp3) is 0.690. The number of anilines is 1. The number of aromatic nitrogens is 2. The average molecular weight is 508 g/mol. The molecule has 3 saturated heterocycles. The van der Waals surface area contributed by atoms with E-state index in [1.165, 1.54) is 64.9 Å². The molecule has 4 heterocycles. The Labute approximate surface area is 219 Å². The van der Waals surface area contributed by atoms with Crippen molar-refractivity contribution in [1.82, 2.24) is 14.5 Å². The maximum atomic E-state index is 14.1. The van der Waals surface area contributed by atoms with E-state index in [0.29, 0.717) is 36.9 Å². The molecule has 8 heteroatoms. The van der Waals surface area contributed by atoms with Crippen molar-refractivity contribution in [2.45, 2.75) is 107 Å². The van der Waals surface area contributed by atoms with Gasteiger partial charge in [0, 0.05) is 37.3 Å². The third kappa shape index (κ3) is 4.46. The Morgan fingerprint density at radius 1 is 0.973 bits per heavy atom. The first-order valence-electron chi connectivity index (χ1n) is 14.4. The van der Waals surface area contributed by atoms with Gasteiger partial charge in [0.1, 0.15) is 5.54 Å². The van der Waals surface area contributed by atoms with Crippen molar-refractivity contribution in [2.24, 2.45) is 5.73 Å². The van der Waals surface area contributed by atoms with Crippen molar-refractivity contribution >= 4 is 22.8 Å². The monoisotopic (exact) mass is 507 g/mol. The minimum Gasteiger partial charge on any atom is -0.468 e. The first-order chi connectivity index (χ1) is 18.0. The second kappa shape index (κ2) is 10.0. The van der Waals surface area contributed by atoms with Gasteiger partial charge in [-0.25, -0.2) is 9.78 Å². The standard InChI is InChI=1S/C29H41N5O3/c1-37-28(36)29(30)15-16-32(19-29)26-27(35)34(25-12-8-7-11-24(25)31-26)23-17-21-13-14-22(18-23)33(21)20-9-5-3-2-4-6-10-20/h7-8,11-12,20-23H,2-6,9-10,13-19,30H2,1H3/t21-,22+,23?,29?. The summed E-state index contributed by atoms with van der Waals surface area (Å²) in [5.74, 6) is -0.0287. The van der Waals surface area contributed by atoms with Crippen LogP contribution in [-0.4, -0.2) is 64.3 Å². The third-order valence-electron chi connectivity index (χ3n) is 9.60. The van der Waals surface area contributed by atoms with Gasteiger partial charge in [-0.15, -0.1) is 0 Å². The highest BCUT2D eigenvalue weighted by Crippen LogP contribution is 2.44. The van der Waals surface area contributed by atoms with E-state index in [2.05, 4.69) is 4.90 Å². The maximum absolute atomic E-state index is 14.1. The predicted octanol–water partition coefficient (Wildman–Crippen LogP) is 3.76. The maximum Gasteiger partial charge on any atom is 0.327 e. The van der Waals surface area contributed by atoms with Crippen molar-refractivity contribution in [1.29, 1.82) is 0 Å². The summed E-state index contributed by atoms with van der Waals surface area (Å²) in [5.41, 5.74) is 6.94. The molecule has 2 N–H and O–H groups in total. The molecule has 8 nitrogen and oxygen atoms in total. The molecule has 37 heavy (non-hydrogen) atoms. The molecular formula is C29H41N5O3. The number of fused-ring (bicyclic) bond motifs is 3. The zero-order valence-electron chi connectivity index (χ0n) is 22.1. The van der Waals surface area contributed by atoms with Crippen LogP contribution in [0.25, 0.3) is 11.0 Å². The van der Waals surface area contributed by atoms with Gasteiger partial charge in [0.25, 0.3) is 5.56 Å². The molecule has 200 valence electrons. The summed E-state index contributed by atoms with van der Waals surface area (Å²) in [6.07, 6.45) is 14.5. The fourth-order valence-electron chi connectivity index (χ4n) is 7.82. The second-order valence-electron chi connectivity index (χ2n) is 11.9. The highest BCUT2D eigenvalue weighted by Gasteiger charge is 2.46. The van der Waals surface area contributed by atoms with Gasteiger partial charge in [-0.1, -0.05) is 44.2 Å². The van der Waals surface area contributed by atoms with E-state index in [-0.39, 0.29) is 18.1 Å². The molecule has 1 aliphatic carbocycles. The van der Waals surface area contributed by atoms with Crippen LogP contribution in [0.1, 0.15) is 83.1 Å². The van der Waals surface area contributed by atoms with Crippen LogP contribution in [0, 0.1) is 0 Å². The Hall–Kier alpha value is -2.45. The van der Waals surface area contributed by atoms with Gasteiger partial charge >= 0.3 is 5.97 Å². The molecule has 4 atom stereocenters. The van der Waals surface area contributed by atoms with Crippen molar-refractivity contribution in [2.75, 3.05) is 25.1 Å². The minimum atomic E-state index is -1.11. The van der Waals surface area contributed by atoms with E-state index >= 15 is 0 Å². The number of piperidine rings is 1. The largest absolute Gasteiger partial charge is 0.468 e. The normalized spacial score (nSPS) is 31.4. The summed E-state index contributed by atoms with van der Waals surface area (Å²) in [6, 6.07) is 9.96. The number of carbonyl (C=O) groups is 1. The van der Waals surface area contributed by atoms with Crippen molar-refractivity contribution in [3.63, 3.8) is 0 Å². The SMILES string of the molecule is COC(=O)C1(N)CCN(c2nc3ccccc3n(C3C[C@H]4CC[C@@H](C3)N4C3CCCCCCC3)c2=O)C1. The number of nitrogens with zero attached hydrogens (tertiary/aromatic N) is 4. The van der Waals surface area contributed by atoms with Gasteiger partial charge in [-0.05, 0) is 57.1 Å². The Bertz CT molecular complexity index is 1190. The van der Waals surface area contributed by atoms with Crippen LogP contribution < -0.4 is 16.2 Å². The molecule has 2 bridgehead atoms. The third-order valence-corrected chi connectivity index (χ3v) is 9.60. The lowest BCUT2D eigenvalue weighted by Gasteiger charge is -2.45. The molecule has 1 aromatic heterocycles. The van der Waals surface area contributed by atoms with Crippen LogP contribution in [-0.2, 0) is 9.53 Å². The number of rotatable bonds is 4. The molecule has 4 aliphatic rings. The van der Waals surface area contributed by atoms with Gasteiger partial charge in [0.15, 0.2) is 5.82 Å². The molecule has 1 saturated carbocycles. The molecule has 0 spiro atoms. The lowest BCUT2D eigenvalue weighted by atomic mass is 9.89. The Balaban J connectivity index is 1.32. The van der Waals surface area contributed by atoms with Crippen LogP contribution in [0.4, 0.5) is 5.82 Å². The lowest BCUT2D eigenvalue weighted by molar-refractivity contribution is -0.146. The van der Waals surface area contributed by atoms with Gasteiger partial charge in [-0.2, -0.15) is 0 Å². The number of ether oxygens (including phenoxy) is 1. The molecule has 1 aromatic carbocycles. The zero-order valence-corrected chi connectivity index (χ0v) is 22.1. The summed E-state index contributed by atoms with van der Waals surface area (Å²) < 4.78 is 6.98. The van der Waals surface area contributed by atoms with E-state index in [1.807, 2.05) is 33.7 Å². The minimum absolute atomic E-state index is 0.0587. The number of hydrogen-bond acceptors (Lipinski definition) is 7. The fourth-order valence-corrected chi connectivity index (χ4v) is 7.82. The topological polar surface area (TPSA) is 93.7 Å². The summed E-state index contributed by atoms with van der Waals surface area (Å²) in [6.45, 7) is 0.753. The van der Waals surface area contributed by atoms with E-state index < -0.39 is 11.5 Å².